The van der Waals surface area contributed by atoms with E-state index in [0.29, 0.717) is 12.1 Å². The van der Waals surface area contributed by atoms with Crippen molar-refractivity contribution < 1.29 is 9.47 Å². The van der Waals surface area contributed by atoms with Crippen LogP contribution in [0.5, 0.6) is 0 Å². The van der Waals surface area contributed by atoms with Crippen LogP contribution >= 0.6 is 11.8 Å². The van der Waals surface area contributed by atoms with E-state index in [4.69, 9.17) is 9.47 Å². The van der Waals surface area contributed by atoms with E-state index in [0.717, 1.165) is 32.8 Å². The van der Waals surface area contributed by atoms with Gasteiger partial charge in [-0.25, -0.2) is 0 Å². The largest absolute Gasteiger partial charge is 0.377 e. The summed E-state index contributed by atoms with van der Waals surface area (Å²) >= 11 is 1.97. The van der Waals surface area contributed by atoms with Crippen molar-refractivity contribution in [3.63, 3.8) is 0 Å². The predicted octanol–water partition coefficient (Wildman–Crippen LogP) is 3.01. The molecule has 1 aromatic rings. The van der Waals surface area contributed by atoms with Gasteiger partial charge in [0.25, 0.3) is 0 Å². The lowest BCUT2D eigenvalue weighted by Crippen LogP contribution is -2.28. The topological polar surface area (TPSA) is 30.5 Å². The summed E-state index contributed by atoms with van der Waals surface area (Å²) in [6.45, 7) is 3.34. The number of hydrogen-bond donors (Lipinski definition) is 1. The molecule has 3 rings (SSSR count). The van der Waals surface area contributed by atoms with Crippen LogP contribution in [-0.4, -0.2) is 38.2 Å². The minimum atomic E-state index is 0.335. The van der Waals surface area contributed by atoms with E-state index in [1.807, 2.05) is 11.8 Å². The third-order valence-electron chi connectivity index (χ3n) is 3.92. The van der Waals surface area contributed by atoms with E-state index in [2.05, 4.69) is 29.6 Å². The highest BCUT2D eigenvalue weighted by atomic mass is 32.2. The SMILES string of the molecule is c1ccc2c(c1)SCC[C@H]2NCCOC[C@H]1CCCO1. The lowest BCUT2D eigenvalue weighted by atomic mass is 10.0. The molecular weight excluding hydrogens is 270 g/mol. The molecule has 0 spiro atoms. The predicted molar refractivity (Wildman–Crippen MR) is 82.3 cm³/mol. The summed E-state index contributed by atoms with van der Waals surface area (Å²) in [5, 5.41) is 3.62. The first kappa shape index (κ1) is 14.4. The second-order valence-corrected chi connectivity index (χ2v) is 6.53. The van der Waals surface area contributed by atoms with Crippen molar-refractivity contribution in [2.75, 3.05) is 32.1 Å². The lowest BCUT2D eigenvalue weighted by molar-refractivity contribution is 0.0178. The van der Waals surface area contributed by atoms with Crippen LogP contribution in [0.1, 0.15) is 30.9 Å². The van der Waals surface area contributed by atoms with Crippen LogP contribution in [0.3, 0.4) is 0 Å². The highest BCUT2D eigenvalue weighted by Crippen LogP contribution is 2.35. The number of fused-ring (bicyclic) bond motifs is 1. The zero-order valence-corrected chi connectivity index (χ0v) is 12.7. The first-order valence-corrected chi connectivity index (χ1v) is 8.56. The third kappa shape index (κ3) is 3.76. The summed E-state index contributed by atoms with van der Waals surface area (Å²) in [6.07, 6.45) is 3.87. The van der Waals surface area contributed by atoms with Crippen LogP contribution in [0.15, 0.2) is 29.2 Å². The zero-order chi connectivity index (χ0) is 13.6. The van der Waals surface area contributed by atoms with Gasteiger partial charge in [-0.15, -0.1) is 11.8 Å². The Morgan fingerprint density at radius 2 is 2.25 bits per heavy atom. The Balaban J connectivity index is 1.38. The number of nitrogens with one attached hydrogen (secondary N) is 1. The van der Waals surface area contributed by atoms with Crippen molar-refractivity contribution >= 4 is 11.8 Å². The molecule has 0 amide bonds. The Hall–Kier alpha value is -0.550. The first-order chi connectivity index (χ1) is 9.93. The molecule has 1 N–H and O–H groups in total. The minimum Gasteiger partial charge on any atom is -0.377 e. The highest BCUT2D eigenvalue weighted by molar-refractivity contribution is 7.99. The summed E-state index contributed by atoms with van der Waals surface area (Å²) in [5.74, 6) is 1.20. The molecular formula is C16H23NO2S. The van der Waals surface area contributed by atoms with Crippen LogP contribution in [-0.2, 0) is 9.47 Å². The lowest BCUT2D eigenvalue weighted by Gasteiger charge is -2.26. The van der Waals surface area contributed by atoms with E-state index >= 15 is 0 Å². The Kier molecular flexibility index (Phi) is 5.36. The Morgan fingerprint density at radius 1 is 1.30 bits per heavy atom. The summed E-state index contributed by atoms with van der Waals surface area (Å²) in [5.41, 5.74) is 1.45. The van der Waals surface area contributed by atoms with Crippen LogP contribution < -0.4 is 5.32 Å². The number of ether oxygens (including phenoxy) is 2. The molecule has 1 aromatic carbocycles. The van der Waals surface area contributed by atoms with Crippen LogP contribution in [0, 0.1) is 0 Å². The molecule has 3 nitrogen and oxygen atoms in total. The third-order valence-corrected chi connectivity index (χ3v) is 5.05. The molecule has 1 saturated heterocycles. The van der Waals surface area contributed by atoms with Crippen molar-refractivity contribution in [1.29, 1.82) is 0 Å². The average Bonchev–Trinajstić information content (AvgIpc) is 3.00. The standard InChI is InChI=1S/C16H23NO2S/c1-2-6-16-14(5-1)15(7-11-20-16)17-8-10-18-12-13-4-3-9-19-13/h1-2,5-6,13,15,17H,3-4,7-12H2/t13-,15-/m1/s1. The molecule has 0 aliphatic carbocycles. The number of thioether (sulfide) groups is 1. The fourth-order valence-corrected chi connectivity index (χ4v) is 3.98. The molecule has 0 unspecified atom stereocenters. The van der Waals surface area contributed by atoms with Crippen molar-refractivity contribution in [3.05, 3.63) is 29.8 Å². The van der Waals surface area contributed by atoms with Crippen LogP contribution in [0.2, 0.25) is 0 Å². The van der Waals surface area contributed by atoms with Gasteiger partial charge in [0.2, 0.25) is 0 Å². The molecule has 110 valence electrons. The summed E-state index contributed by atoms with van der Waals surface area (Å²) in [4.78, 5) is 1.43. The molecule has 2 atom stereocenters. The van der Waals surface area contributed by atoms with Gasteiger partial charge in [-0.05, 0) is 36.6 Å². The first-order valence-electron chi connectivity index (χ1n) is 7.58. The maximum absolute atomic E-state index is 5.70. The zero-order valence-electron chi connectivity index (χ0n) is 11.8. The van der Waals surface area contributed by atoms with E-state index in [9.17, 15) is 0 Å². The monoisotopic (exact) mass is 293 g/mol. The summed E-state index contributed by atoms with van der Waals surface area (Å²) in [6, 6.07) is 9.21. The fourth-order valence-electron chi connectivity index (χ4n) is 2.85. The molecule has 4 heteroatoms. The van der Waals surface area contributed by atoms with E-state index in [1.54, 1.807) is 0 Å². The minimum absolute atomic E-state index is 0.335. The van der Waals surface area contributed by atoms with Gasteiger partial charge in [0.15, 0.2) is 0 Å². The van der Waals surface area contributed by atoms with Crippen molar-refractivity contribution in [3.8, 4) is 0 Å². The van der Waals surface area contributed by atoms with Gasteiger partial charge in [0.05, 0.1) is 19.3 Å². The van der Waals surface area contributed by atoms with Crippen LogP contribution in [0.25, 0.3) is 0 Å². The molecule has 2 heterocycles. The van der Waals surface area contributed by atoms with Gasteiger partial charge >= 0.3 is 0 Å². The average molecular weight is 293 g/mol. The fraction of sp³-hybridized carbons (Fsp3) is 0.625. The van der Waals surface area contributed by atoms with Crippen LogP contribution in [0.4, 0.5) is 0 Å². The van der Waals surface area contributed by atoms with Gasteiger partial charge in [-0.3, -0.25) is 0 Å². The molecule has 1 fully saturated rings. The van der Waals surface area contributed by atoms with E-state index in [1.165, 1.54) is 29.1 Å². The molecule has 0 aromatic heterocycles. The Morgan fingerprint density at radius 3 is 3.15 bits per heavy atom. The second kappa shape index (κ2) is 7.46. The quantitative estimate of drug-likeness (QED) is 0.817. The Bertz CT molecular complexity index is 421. The van der Waals surface area contributed by atoms with Crippen molar-refractivity contribution in [2.24, 2.45) is 0 Å². The maximum Gasteiger partial charge on any atom is 0.0809 e. The second-order valence-electron chi connectivity index (χ2n) is 5.39. The smallest absolute Gasteiger partial charge is 0.0809 e. The van der Waals surface area contributed by atoms with E-state index < -0.39 is 0 Å². The van der Waals surface area contributed by atoms with E-state index in [-0.39, 0.29) is 0 Å². The number of hydrogen-bond acceptors (Lipinski definition) is 4. The highest BCUT2D eigenvalue weighted by Gasteiger charge is 2.19. The van der Waals surface area contributed by atoms with Gasteiger partial charge < -0.3 is 14.8 Å². The van der Waals surface area contributed by atoms with Crippen molar-refractivity contribution in [1.82, 2.24) is 5.32 Å². The van der Waals surface area contributed by atoms with Gasteiger partial charge in [0, 0.05) is 24.1 Å². The number of rotatable bonds is 6. The van der Waals surface area contributed by atoms with Gasteiger partial charge in [-0.2, -0.15) is 0 Å². The molecule has 2 aliphatic heterocycles. The summed E-state index contributed by atoms with van der Waals surface area (Å²) in [7, 11) is 0. The molecule has 20 heavy (non-hydrogen) atoms. The van der Waals surface area contributed by atoms with Gasteiger partial charge in [0.1, 0.15) is 0 Å². The van der Waals surface area contributed by atoms with Gasteiger partial charge in [-0.1, -0.05) is 18.2 Å². The number of benzene rings is 1. The molecule has 2 aliphatic rings. The van der Waals surface area contributed by atoms with Crippen molar-refractivity contribution in [2.45, 2.75) is 36.3 Å². The Labute approximate surface area is 125 Å². The molecule has 0 radical (unpaired) electrons. The maximum atomic E-state index is 5.70. The summed E-state index contributed by atoms with van der Waals surface area (Å²) < 4.78 is 11.3. The molecule has 0 bridgehead atoms. The molecule has 0 saturated carbocycles. The normalized spacial score (nSPS) is 25.6.